The standard InChI is InChI=1S/C12H12N2OS/c1-8(15)14-11-7-9(4-5-10(11)13)12-3-2-6-16-12/h2-7H,13H2,1H3,(H,14,15). The van der Waals surface area contributed by atoms with Crippen molar-refractivity contribution in [3.05, 3.63) is 35.7 Å². The first-order valence-electron chi connectivity index (χ1n) is 4.88. The molecular formula is C12H12N2OS. The Morgan fingerprint density at radius 3 is 2.81 bits per heavy atom. The second-order valence-electron chi connectivity index (χ2n) is 3.46. The maximum absolute atomic E-state index is 11.0. The quantitative estimate of drug-likeness (QED) is 0.782. The predicted octanol–water partition coefficient (Wildman–Crippen LogP) is 2.96. The van der Waals surface area contributed by atoms with Gasteiger partial charge in [0, 0.05) is 11.8 Å². The van der Waals surface area contributed by atoms with Gasteiger partial charge in [-0.2, -0.15) is 0 Å². The Hall–Kier alpha value is -1.81. The van der Waals surface area contributed by atoms with Gasteiger partial charge in [0.2, 0.25) is 5.91 Å². The molecule has 0 aliphatic carbocycles. The normalized spacial score (nSPS) is 10.1. The molecule has 1 aromatic carbocycles. The number of amides is 1. The van der Waals surface area contributed by atoms with Gasteiger partial charge in [0.1, 0.15) is 0 Å². The number of nitrogen functional groups attached to an aromatic ring is 1. The van der Waals surface area contributed by atoms with E-state index in [1.807, 2.05) is 29.6 Å². The number of anilines is 2. The van der Waals surface area contributed by atoms with Gasteiger partial charge >= 0.3 is 0 Å². The number of hydrogen-bond donors (Lipinski definition) is 2. The summed E-state index contributed by atoms with van der Waals surface area (Å²) in [6.07, 6.45) is 0. The first kappa shape index (κ1) is 10.7. The molecule has 1 heterocycles. The highest BCUT2D eigenvalue weighted by Crippen LogP contribution is 2.29. The van der Waals surface area contributed by atoms with Crippen LogP contribution in [0.1, 0.15) is 6.92 Å². The molecule has 3 nitrogen and oxygen atoms in total. The van der Waals surface area contributed by atoms with E-state index in [0.717, 1.165) is 10.4 Å². The molecule has 16 heavy (non-hydrogen) atoms. The van der Waals surface area contributed by atoms with Gasteiger partial charge in [-0.15, -0.1) is 11.3 Å². The van der Waals surface area contributed by atoms with E-state index in [1.165, 1.54) is 6.92 Å². The lowest BCUT2D eigenvalue weighted by molar-refractivity contribution is -0.114. The van der Waals surface area contributed by atoms with E-state index in [2.05, 4.69) is 5.32 Å². The smallest absolute Gasteiger partial charge is 0.221 e. The number of benzene rings is 1. The summed E-state index contributed by atoms with van der Waals surface area (Å²) < 4.78 is 0. The van der Waals surface area contributed by atoms with E-state index < -0.39 is 0 Å². The van der Waals surface area contributed by atoms with Crippen LogP contribution in [0.2, 0.25) is 0 Å². The van der Waals surface area contributed by atoms with Gasteiger partial charge in [-0.3, -0.25) is 4.79 Å². The third-order valence-corrected chi connectivity index (χ3v) is 3.09. The van der Waals surface area contributed by atoms with Gasteiger partial charge in [0.15, 0.2) is 0 Å². The number of carbonyl (C=O) groups is 1. The van der Waals surface area contributed by atoms with Crippen LogP contribution in [0.25, 0.3) is 10.4 Å². The van der Waals surface area contributed by atoms with Gasteiger partial charge in [-0.05, 0) is 29.1 Å². The van der Waals surface area contributed by atoms with Crippen LogP contribution in [0.5, 0.6) is 0 Å². The second-order valence-corrected chi connectivity index (χ2v) is 4.41. The molecule has 4 heteroatoms. The Morgan fingerprint density at radius 2 is 2.19 bits per heavy atom. The van der Waals surface area contributed by atoms with E-state index in [-0.39, 0.29) is 5.91 Å². The fourth-order valence-corrected chi connectivity index (χ4v) is 2.17. The van der Waals surface area contributed by atoms with Crippen LogP contribution >= 0.6 is 11.3 Å². The minimum Gasteiger partial charge on any atom is -0.397 e. The second kappa shape index (κ2) is 4.37. The van der Waals surface area contributed by atoms with E-state index >= 15 is 0 Å². The lowest BCUT2D eigenvalue weighted by Gasteiger charge is -2.07. The maximum atomic E-state index is 11.0. The van der Waals surface area contributed by atoms with Gasteiger partial charge in [-0.1, -0.05) is 12.1 Å². The molecule has 0 saturated heterocycles. The van der Waals surface area contributed by atoms with E-state index in [4.69, 9.17) is 5.73 Å². The molecule has 0 aliphatic heterocycles. The highest BCUT2D eigenvalue weighted by atomic mass is 32.1. The van der Waals surface area contributed by atoms with Gasteiger partial charge in [-0.25, -0.2) is 0 Å². The van der Waals surface area contributed by atoms with Crippen LogP contribution in [0.3, 0.4) is 0 Å². The molecule has 0 atom stereocenters. The third kappa shape index (κ3) is 2.23. The molecule has 0 unspecified atom stereocenters. The number of rotatable bonds is 2. The number of hydrogen-bond acceptors (Lipinski definition) is 3. The highest BCUT2D eigenvalue weighted by Gasteiger charge is 2.04. The SMILES string of the molecule is CC(=O)Nc1cc(-c2cccs2)ccc1N. The van der Waals surface area contributed by atoms with Crippen LogP contribution < -0.4 is 11.1 Å². The van der Waals surface area contributed by atoms with Gasteiger partial charge in [0.05, 0.1) is 11.4 Å². The van der Waals surface area contributed by atoms with E-state index in [0.29, 0.717) is 11.4 Å². The first-order valence-corrected chi connectivity index (χ1v) is 5.76. The Balaban J connectivity index is 2.39. The molecule has 0 bridgehead atoms. The fraction of sp³-hybridized carbons (Fsp3) is 0.0833. The summed E-state index contributed by atoms with van der Waals surface area (Å²) in [5.74, 6) is -0.116. The van der Waals surface area contributed by atoms with Crippen molar-refractivity contribution in [1.29, 1.82) is 0 Å². The summed E-state index contributed by atoms with van der Waals surface area (Å²) >= 11 is 1.66. The molecule has 82 valence electrons. The molecule has 1 amide bonds. The topological polar surface area (TPSA) is 55.1 Å². The molecular weight excluding hydrogens is 220 g/mol. The summed E-state index contributed by atoms with van der Waals surface area (Å²) in [6, 6.07) is 9.68. The summed E-state index contributed by atoms with van der Waals surface area (Å²) in [6.45, 7) is 1.47. The summed E-state index contributed by atoms with van der Waals surface area (Å²) in [5.41, 5.74) is 8.09. The largest absolute Gasteiger partial charge is 0.397 e. The van der Waals surface area contributed by atoms with Crippen molar-refractivity contribution in [2.75, 3.05) is 11.1 Å². The molecule has 0 saturated carbocycles. The van der Waals surface area contributed by atoms with Crippen LogP contribution in [0, 0.1) is 0 Å². The molecule has 0 fully saturated rings. The van der Waals surface area contributed by atoms with Crippen molar-refractivity contribution in [2.45, 2.75) is 6.92 Å². The van der Waals surface area contributed by atoms with Crippen molar-refractivity contribution < 1.29 is 4.79 Å². The number of thiophene rings is 1. The van der Waals surface area contributed by atoms with Crippen LogP contribution in [-0.4, -0.2) is 5.91 Å². The van der Waals surface area contributed by atoms with Crippen molar-refractivity contribution in [3.8, 4) is 10.4 Å². The highest BCUT2D eigenvalue weighted by molar-refractivity contribution is 7.13. The zero-order chi connectivity index (χ0) is 11.5. The van der Waals surface area contributed by atoms with E-state index in [1.54, 1.807) is 17.4 Å². The minimum absolute atomic E-state index is 0.116. The van der Waals surface area contributed by atoms with Crippen LogP contribution in [0.4, 0.5) is 11.4 Å². The Labute approximate surface area is 97.9 Å². The monoisotopic (exact) mass is 232 g/mol. The van der Waals surface area contributed by atoms with Crippen molar-refractivity contribution in [2.24, 2.45) is 0 Å². The molecule has 3 N–H and O–H groups in total. The van der Waals surface area contributed by atoms with Gasteiger partial charge < -0.3 is 11.1 Å². The maximum Gasteiger partial charge on any atom is 0.221 e. The fourth-order valence-electron chi connectivity index (χ4n) is 1.45. The number of nitrogens with two attached hydrogens (primary N) is 1. The minimum atomic E-state index is -0.116. The average molecular weight is 232 g/mol. The molecule has 0 aliphatic rings. The molecule has 1 aromatic heterocycles. The zero-order valence-electron chi connectivity index (χ0n) is 8.86. The Bertz CT molecular complexity index is 506. The molecule has 2 rings (SSSR count). The lowest BCUT2D eigenvalue weighted by Crippen LogP contribution is -2.07. The Kier molecular flexibility index (Phi) is 2.92. The van der Waals surface area contributed by atoms with E-state index in [9.17, 15) is 4.79 Å². The zero-order valence-corrected chi connectivity index (χ0v) is 9.67. The third-order valence-electron chi connectivity index (χ3n) is 2.17. The van der Waals surface area contributed by atoms with Crippen molar-refractivity contribution >= 4 is 28.6 Å². The molecule has 0 spiro atoms. The summed E-state index contributed by atoms with van der Waals surface area (Å²) in [7, 11) is 0. The number of nitrogens with one attached hydrogen (secondary N) is 1. The summed E-state index contributed by atoms with van der Waals surface area (Å²) in [5, 5.41) is 4.73. The molecule has 2 aromatic rings. The number of carbonyl (C=O) groups excluding carboxylic acids is 1. The average Bonchev–Trinajstić information content (AvgIpc) is 2.73. The van der Waals surface area contributed by atoms with Crippen LogP contribution in [0.15, 0.2) is 35.7 Å². The Morgan fingerprint density at radius 1 is 1.38 bits per heavy atom. The summed E-state index contributed by atoms with van der Waals surface area (Å²) in [4.78, 5) is 12.2. The van der Waals surface area contributed by atoms with Crippen LogP contribution in [-0.2, 0) is 4.79 Å². The van der Waals surface area contributed by atoms with Crippen molar-refractivity contribution in [1.82, 2.24) is 0 Å². The van der Waals surface area contributed by atoms with Gasteiger partial charge in [0.25, 0.3) is 0 Å². The first-order chi connectivity index (χ1) is 7.66. The molecule has 0 radical (unpaired) electrons. The lowest BCUT2D eigenvalue weighted by atomic mass is 10.1. The predicted molar refractivity (Wildman–Crippen MR) is 68.5 cm³/mol. The van der Waals surface area contributed by atoms with Crippen molar-refractivity contribution in [3.63, 3.8) is 0 Å².